The third-order valence-corrected chi connectivity index (χ3v) is 7.11. The lowest BCUT2D eigenvalue weighted by molar-refractivity contribution is -0.138. The molecule has 2 N–H and O–H groups in total. The van der Waals surface area contributed by atoms with Crippen LogP contribution >= 0.6 is 23.1 Å². The lowest BCUT2D eigenvalue weighted by Gasteiger charge is -2.09. The maximum atomic E-state index is 12.2. The number of fused-ring (bicyclic) bond motifs is 1. The standard InChI is InChI=1S/C15H20N2O4S3/c1-3-4-5-8-22-15-16-12-7-6-11(9-13(12)23-15)24(20,21)17-10(2)14(18)19/h6-7,9-10,17H,3-5,8H2,1-2H3,(H,18,19). The molecule has 0 bridgehead atoms. The van der Waals surface area contributed by atoms with E-state index in [9.17, 15) is 13.2 Å². The van der Waals surface area contributed by atoms with Crippen LogP contribution in [-0.4, -0.2) is 36.3 Å². The third-order valence-electron chi connectivity index (χ3n) is 3.33. The summed E-state index contributed by atoms with van der Waals surface area (Å²) in [7, 11) is -3.87. The molecule has 0 amide bonds. The molecule has 6 nitrogen and oxygen atoms in total. The van der Waals surface area contributed by atoms with Crippen molar-refractivity contribution in [1.82, 2.24) is 9.71 Å². The molecular weight excluding hydrogens is 368 g/mol. The zero-order valence-electron chi connectivity index (χ0n) is 13.5. The molecular formula is C15H20N2O4S3. The molecule has 0 aliphatic carbocycles. The Kier molecular flexibility index (Phi) is 6.62. The Balaban J connectivity index is 2.17. The Morgan fingerprint density at radius 1 is 1.42 bits per heavy atom. The zero-order chi connectivity index (χ0) is 17.7. The predicted molar refractivity (Wildman–Crippen MR) is 97.3 cm³/mol. The molecule has 1 aromatic carbocycles. The molecule has 0 radical (unpaired) electrons. The Morgan fingerprint density at radius 3 is 2.83 bits per heavy atom. The minimum absolute atomic E-state index is 0.0503. The van der Waals surface area contributed by atoms with Crippen LogP contribution in [0.4, 0.5) is 0 Å². The highest BCUT2D eigenvalue weighted by atomic mass is 32.2. The van der Waals surface area contributed by atoms with Gasteiger partial charge in [0.1, 0.15) is 6.04 Å². The fraction of sp³-hybridized carbons (Fsp3) is 0.467. The number of nitrogens with zero attached hydrogens (tertiary/aromatic N) is 1. The number of carboxylic acid groups (broad SMARTS) is 1. The van der Waals surface area contributed by atoms with Crippen molar-refractivity contribution in [2.75, 3.05) is 5.75 Å². The zero-order valence-corrected chi connectivity index (χ0v) is 15.9. The molecule has 24 heavy (non-hydrogen) atoms. The number of sulfonamides is 1. The normalized spacial score (nSPS) is 13.2. The van der Waals surface area contributed by atoms with E-state index in [1.165, 1.54) is 37.2 Å². The van der Waals surface area contributed by atoms with E-state index >= 15 is 0 Å². The quantitative estimate of drug-likeness (QED) is 0.505. The van der Waals surface area contributed by atoms with Gasteiger partial charge in [-0.05, 0) is 31.5 Å². The molecule has 0 saturated carbocycles. The highest BCUT2D eigenvalue weighted by Crippen LogP contribution is 2.31. The molecule has 0 fully saturated rings. The Hall–Kier alpha value is -1.16. The maximum absolute atomic E-state index is 12.2. The smallest absolute Gasteiger partial charge is 0.321 e. The molecule has 132 valence electrons. The first-order valence-corrected chi connectivity index (χ1v) is 10.9. The Morgan fingerprint density at radius 2 is 2.17 bits per heavy atom. The SMILES string of the molecule is CCCCCSc1nc2ccc(S(=O)(=O)NC(C)C(=O)O)cc2s1. The van der Waals surface area contributed by atoms with Crippen LogP contribution in [0.1, 0.15) is 33.1 Å². The minimum atomic E-state index is -3.87. The lowest BCUT2D eigenvalue weighted by Crippen LogP contribution is -2.38. The summed E-state index contributed by atoms with van der Waals surface area (Å²) >= 11 is 3.13. The summed E-state index contributed by atoms with van der Waals surface area (Å²) in [5.41, 5.74) is 0.753. The van der Waals surface area contributed by atoms with Crippen molar-refractivity contribution >= 4 is 49.3 Å². The number of aromatic nitrogens is 1. The molecule has 0 aliphatic heterocycles. The van der Waals surface area contributed by atoms with Crippen LogP contribution in [0.5, 0.6) is 0 Å². The number of unbranched alkanes of at least 4 members (excludes halogenated alkanes) is 2. The second kappa shape index (κ2) is 8.28. The van der Waals surface area contributed by atoms with E-state index in [4.69, 9.17) is 5.11 Å². The number of carbonyl (C=O) groups is 1. The molecule has 1 unspecified atom stereocenters. The van der Waals surface area contributed by atoms with Gasteiger partial charge < -0.3 is 5.11 Å². The van der Waals surface area contributed by atoms with Crippen LogP contribution in [0.3, 0.4) is 0 Å². The van der Waals surface area contributed by atoms with Gasteiger partial charge in [-0.2, -0.15) is 4.72 Å². The van der Waals surface area contributed by atoms with Gasteiger partial charge in [0.05, 0.1) is 15.1 Å². The number of rotatable bonds is 9. The van der Waals surface area contributed by atoms with Gasteiger partial charge in [-0.1, -0.05) is 31.5 Å². The summed E-state index contributed by atoms with van der Waals surface area (Å²) in [6.07, 6.45) is 3.49. The van der Waals surface area contributed by atoms with E-state index < -0.39 is 22.0 Å². The highest BCUT2D eigenvalue weighted by Gasteiger charge is 2.22. The van der Waals surface area contributed by atoms with Gasteiger partial charge in [0, 0.05) is 5.75 Å². The van der Waals surface area contributed by atoms with E-state index in [1.54, 1.807) is 23.9 Å². The minimum Gasteiger partial charge on any atom is -0.480 e. The van der Waals surface area contributed by atoms with Crippen molar-refractivity contribution < 1.29 is 18.3 Å². The summed E-state index contributed by atoms with van der Waals surface area (Å²) in [6, 6.07) is 3.46. The van der Waals surface area contributed by atoms with Crippen LogP contribution in [0.15, 0.2) is 27.4 Å². The molecule has 0 saturated heterocycles. The summed E-state index contributed by atoms with van der Waals surface area (Å²) in [5.74, 6) is -0.223. The molecule has 1 aromatic heterocycles. The van der Waals surface area contributed by atoms with E-state index in [-0.39, 0.29) is 4.90 Å². The summed E-state index contributed by atoms with van der Waals surface area (Å²) in [5, 5.41) is 8.85. The molecule has 9 heteroatoms. The number of aliphatic carboxylic acids is 1. The summed E-state index contributed by atoms with van der Waals surface area (Å²) < 4.78 is 28.3. The monoisotopic (exact) mass is 388 g/mol. The van der Waals surface area contributed by atoms with Crippen molar-refractivity contribution in [2.45, 2.75) is 48.4 Å². The van der Waals surface area contributed by atoms with Crippen LogP contribution in [0.25, 0.3) is 10.2 Å². The van der Waals surface area contributed by atoms with E-state index in [1.807, 2.05) is 0 Å². The van der Waals surface area contributed by atoms with Crippen LogP contribution in [-0.2, 0) is 14.8 Å². The van der Waals surface area contributed by atoms with E-state index in [2.05, 4.69) is 16.6 Å². The number of hydrogen-bond acceptors (Lipinski definition) is 6. The number of thiazole rings is 1. The van der Waals surface area contributed by atoms with Gasteiger partial charge >= 0.3 is 5.97 Å². The fourth-order valence-electron chi connectivity index (χ4n) is 1.98. The largest absolute Gasteiger partial charge is 0.480 e. The second-order valence-corrected chi connectivity index (χ2v) is 9.43. The van der Waals surface area contributed by atoms with Crippen molar-refractivity contribution in [1.29, 1.82) is 0 Å². The van der Waals surface area contributed by atoms with E-state index in [0.717, 1.165) is 26.7 Å². The van der Waals surface area contributed by atoms with Crippen molar-refractivity contribution in [3.63, 3.8) is 0 Å². The molecule has 1 heterocycles. The summed E-state index contributed by atoms with van der Waals surface area (Å²) in [4.78, 5) is 15.4. The van der Waals surface area contributed by atoms with Crippen LogP contribution in [0.2, 0.25) is 0 Å². The first-order valence-electron chi connectivity index (χ1n) is 7.62. The van der Waals surface area contributed by atoms with E-state index in [0.29, 0.717) is 0 Å². The number of thioether (sulfide) groups is 1. The topological polar surface area (TPSA) is 96.4 Å². The fourth-order valence-corrected chi connectivity index (χ4v) is 5.45. The van der Waals surface area contributed by atoms with Crippen molar-refractivity contribution in [3.8, 4) is 0 Å². The molecule has 2 aromatic rings. The van der Waals surface area contributed by atoms with Gasteiger partial charge in [-0.15, -0.1) is 11.3 Å². The van der Waals surface area contributed by atoms with Crippen LogP contribution in [0, 0.1) is 0 Å². The predicted octanol–water partition coefficient (Wildman–Crippen LogP) is 3.33. The average molecular weight is 389 g/mol. The molecule has 1 atom stereocenters. The summed E-state index contributed by atoms with van der Waals surface area (Å²) in [6.45, 7) is 3.44. The van der Waals surface area contributed by atoms with Crippen LogP contribution < -0.4 is 4.72 Å². The van der Waals surface area contributed by atoms with Gasteiger partial charge in [0.25, 0.3) is 0 Å². The number of benzene rings is 1. The molecule has 0 spiro atoms. The van der Waals surface area contributed by atoms with Crippen molar-refractivity contribution in [2.24, 2.45) is 0 Å². The van der Waals surface area contributed by atoms with Gasteiger partial charge in [-0.25, -0.2) is 13.4 Å². The number of carboxylic acids is 1. The highest BCUT2D eigenvalue weighted by molar-refractivity contribution is 8.01. The Bertz CT molecular complexity index is 817. The first-order chi connectivity index (χ1) is 11.3. The third kappa shape index (κ3) is 4.92. The van der Waals surface area contributed by atoms with Crippen molar-refractivity contribution in [3.05, 3.63) is 18.2 Å². The lowest BCUT2D eigenvalue weighted by atomic mass is 10.3. The Labute approximate surface area is 149 Å². The first kappa shape index (κ1) is 19.2. The van der Waals surface area contributed by atoms with Gasteiger partial charge in [-0.3, -0.25) is 4.79 Å². The number of hydrogen-bond donors (Lipinski definition) is 2. The van der Waals surface area contributed by atoms with Gasteiger partial charge in [0.15, 0.2) is 4.34 Å². The average Bonchev–Trinajstić information content (AvgIpc) is 2.92. The maximum Gasteiger partial charge on any atom is 0.321 e. The number of nitrogens with one attached hydrogen (secondary N) is 1. The molecule has 2 rings (SSSR count). The second-order valence-electron chi connectivity index (χ2n) is 5.35. The molecule has 0 aliphatic rings. The van der Waals surface area contributed by atoms with Gasteiger partial charge in [0.2, 0.25) is 10.0 Å².